The van der Waals surface area contributed by atoms with E-state index in [0.717, 1.165) is 35.0 Å². The fraction of sp³-hybridized carbons (Fsp3) is 0.480. The first-order chi connectivity index (χ1) is 14.1. The SMILES string of the molecule is Cc1cc2c(c3c1C(C)(C)[C@H]1Cc4ccc(O)c(C=O)c4[C@@H]31)O[C@H](C(C)(C)O)CO2. The third-order valence-corrected chi connectivity index (χ3v) is 7.43. The van der Waals surface area contributed by atoms with Crippen molar-refractivity contribution in [3.05, 3.63) is 51.6 Å². The first-order valence-electron chi connectivity index (χ1n) is 10.6. The number of aldehydes is 1. The summed E-state index contributed by atoms with van der Waals surface area (Å²) in [6, 6.07) is 5.58. The number of ether oxygens (including phenoxy) is 2. The molecular formula is C25H28O5. The Morgan fingerprint density at radius 1 is 1.23 bits per heavy atom. The number of phenolic OH excluding ortho intramolecular Hbond substituents is 1. The second-order valence-corrected chi connectivity index (χ2v) is 10.1. The zero-order valence-electron chi connectivity index (χ0n) is 18.1. The van der Waals surface area contributed by atoms with Gasteiger partial charge in [0.05, 0.1) is 11.2 Å². The molecule has 0 unspecified atom stereocenters. The number of aryl methyl sites for hydroxylation is 1. The highest BCUT2D eigenvalue weighted by atomic mass is 16.6. The van der Waals surface area contributed by atoms with Crippen molar-refractivity contribution in [1.82, 2.24) is 0 Å². The smallest absolute Gasteiger partial charge is 0.166 e. The number of carbonyl (C=O) groups is 1. The second kappa shape index (κ2) is 6.01. The van der Waals surface area contributed by atoms with Gasteiger partial charge < -0.3 is 19.7 Å². The molecule has 3 atom stereocenters. The molecule has 0 amide bonds. The van der Waals surface area contributed by atoms with Crippen LogP contribution >= 0.6 is 0 Å². The van der Waals surface area contributed by atoms with Crippen LogP contribution in [0.25, 0.3) is 0 Å². The van der Waals surface area contributed by atoms with Gasteiger partial charge in [-0.2, -0.15) is 0 Å². The number of benzene rings is 2. The molecule has 0 saturated carbocycles. The van der Waals surface area contributed by atoms with Gasteiger partial charge in [-0.05, 0) is 72.9 Å². The Bertz CT molecular complexity index is 1080. The van der Waals surface area contributed by atoms with Gasteiger partial charge in [0.2, 0.25) is 0 Å². The zero-order chi connectivity index (χ0) is 21.6. The van der Waals surface area contributed by atoms with E-state index in [4.69, 9.17) is 9.47 Å². The predicted molar refractivity (Wildman–Crippen MR) is 113 cm³/mol. The molecule has 0 radical (unpaired) electrons. The molecule has 5 rings (SSSR count). The first-order valence-corrected chi connectivity index (χ1v) is 10.6. The van der Waals surface area contributed by atoms with Crippen molar-refractivity contribution in [1.29, 1.82) is 0 Å². The van der Waals surface area contributed by atoms with Crippen LogP contribution in [0.3, 0.4) is 0 Å². The van der Waals surface area contributed by atoms with Gasteiger partial charge in [-0.25, -0.2) is 0 Å². The minimum absolute atomic E-state index is 0.0173. The zero-order valence-corrected chi connectivity index (χ0v) is 18.1. The van der Waals surface area contributed by atoms with E-state index in [9.17, 15) is 15.0 Å². The molecule has 2 N–H and O–H groups in total. The molecule has 3 aliphatic rings. The summed E-state index contributed by atoms with van der Waals surface area (Å²) in [6.07, 6.45) is 1.11. The van der Waals surface area contributed by atoms with Gasteiger partial charge >= 0.3 is 0 Å². The van der Waals surface area contributed by atoms with Crippen LogP contribution in [0, 0.1) is 12.8 Å². The maximum atomic E-state index is 11.9. The number of hydrogen-bond acceptors (Lipinski definition) is 5. The van der Waals surface area contributed by atoms with E-state index < -0.39 is 11.7 Å². The van der Waals surface area contributed by atoms with E-state index in [1.165, 1.54) is 5.56 Å². The minimum atomic E-state index is -1.05. The van der Waals surface area contributed by atoms with Crippen LogP contribution in [0.5, 0.6) is 17.2 Å². The van der Waals surface area contributed by atoms with Gasteiger partial charge in [-0.15, -0.1) is 0 Å². The highest BCUT2D eigenvalue weighted by Crippen LogP contribution is 2.64. The highest BCUT2D eigenvalue weighted by molar-refractivity contribution is 5.84. The fourth-order valence-electron chi connectivity index (χ4n) is 5.96. The molecule has 2 aliphatic carbocycles. The lowest BCUT2D eigenvalue weighted by Crippen LogP contribution is -2.46. The Balaban J connectivity index is 1.79. The molecule has 0 saturated heterocycles. The molecule has 5 heteroatoms. The summed E-state index contributed by atoms with van der Waals surface area (Å²) in [5.41, 5.74) is 4.60. The molecular weight excluding hydrogens is 380 g/mol. The van der Waals surface area contributed by atoms with E-state index >= 15 is 0 Å². The monoisotopic (exact) mass is 408 g/mol. The van der Waals surface area contributed by atoms with Crippen LogP contribution in [0.1, 0.15) is 71.8 Å². The molecule has 0 spiro atoms. The maximum Gasteiger partial charge on any atom is 0.166 e. The van der Waals surface area contributed by atoms with Gasteiger partial charge in [-0.1, -0.05) is 19.9 Å². The number of fused-ring (bicyclic) bond motifs is 7. The third-order valence-electron chi connectivity index (χ3n) is 7.43. The summed E-state index contributed by atoms with van der Waals surface area (Å²) in [5.74, 6) is 1.56. The van der Waals surface area contributed by atoms with Crippen molar-refractivity contribution in [3.63, 3.8) is 0 Å². The largest absolute Gasteiger partial charge is 0.507 e. The summed E-state index contributed by atoms with van der Waals surface area (Å²) in [4.78, 5) is 11.9. The number of carbonyl (C=O) groups excluding carboxylic acids is 1. The fourth-order valence-corrected chi connectivity index (χ4v) is 5.96. The topological polar surface area (TPSA) is 76.0 Å². The minimum Gasteiger partial charge on any atom is -0.507 e. The number of aliphatic hydroxyl groups is 1. The average molecular weight is 408 g/mol. The van der Waals surface area contributed by atoms with Crippen molar-refractivity contribution in [3.8, 4) is 17.2 Å². The normalized spacial score (nSPS) is 25.5. The molecule has 1 heterocycles. The van der Waals surface area contributed by atoms with Gasteiger partial charge in [0.25, 0.3) is 0 Å². The standard InChI is InChI=1S/C25H28O5/c1-12-8-17-23(30-18(11-29-17)25(4,5)28)21-20-15(24(2,3)22(12)21)9-13-6-7-16(27)14(10-26)19(13)20/h6-8,10,15,18,20,27-28H,9,11H2,1-5H3/t15-,18-,20-/m0/s1. The number of hydrogen-bond donors (Lipinski definition) is 2. The van der Waals surface area contributed by atoms with Gasteiger partial charge in [-0.3, -0.25) is 4.79 Å². The van der Waals surface area contributed by atoms with Crippen molar-refractivity contribution in [2.24, 2.45) is 5.92 Å². The Morgan fingerprint density at radius 2 is 1.97 bits per heavy atom. The quantitative estimate of drug-likeness (QED) is 0.734. The summed E-state index contributed by atoms with van der Waals surface area (Å²) in [6.45, 7) is 10.3. The van der Waals surface area contributed by atoms with E-state index in [0.29, 0.717) is 17.1 Å². The maximum absolute atomic E-state index is 11.9. The van der Waals surface area contributed by atoms with Gasteiger partial charge in [0.15, 0.2) is 23.9 Å². The van der Waals surface area contributed by atoms with Gasteiger partial charge in [0.1, 0.15) is 12.4 Å². The summed E-state index contributed by atoms with van der Waals surface area (Å²) in [7, 11) is 0. The first kappa shape index (κ1) is 19.4. The Kier molecular flexibility index (Phi) is 3.89. The van der Waals surface area contributed by atoms with Crippen LogP contribution in [0.2, 0.25) is 0 Å². The Labute approximate surface area is 176 Å². The van der Waals surface area contributed by atoms with Crippen LogP contribution in [0.15, 0.2) is 18.2 Å². The predicted octanol–water partition coefficient (Wildman–Crippen LogP) is 4.02. The lowest BCUT2D eigenvalue weighted by molar-refractivity contribution is -0.0658. The van der Waals surface area contributed by atoms with Gasteiger partial charge in [0, 0.05) is 11.5 Å². The van der Waals surface area contributed by atoms with Crippen molar-refractivity contribution < 1.29 is 24.5 Å². The summed E-state index contributed by atoms with van der Waals surface area (Å²) >= 11 is 0. The molecule has 2 aromatic carbocycles. The molecule has 5 nitrogen and oxygen atoms in total. The highest BCUT2D eigenvalue weighted by Gasteiger charge is 2.54. The Morgan fingerprint density at radius 3 is 2.63 bits per heavy atom. The number of phenols is 1. The van der Waals surface area contributed by atoms with E-state index in [2.05, 4.69) is 20.8 Å². The molecule has 0 bridgehead atoms. The third kappa shape index (κ3) is 2.41. The van der Waals surface area contributed by atoms with Crippen LogP contribution in [-0.4, -0.2) is 34.8 Å². The van der Waals surface area contributed by atoms with E-state index in [-0.39, 0.29) is 29.6 Å². The second-order valence-electron chi connectivity index (χ2n) is 10.1. The average Bonchev–Trinajstić information content (AvgIpc) is 3.15. The van der Waals surface area contributed by atoms with Crippen LogP contribution < -0.4 is 9.47 Å². The van der Waals surface area contributed by atoms with Crippen molar-refractivity contribution in [2.75, 3.05) is 6.61 Å². The van der Waals surface area contributed by atoms with E-state index in [1.807, 2.05) is 12.1 Å². The molecule has 30 heavy (non-hydrogen) atoms. The van der Waals surface area contributed by atoms with E-state index in [1.54, 1.807) is 19.9 Å². The molecule has 2 aromatic rings. The molecule has 1 aliphatic heterocycles. The van der Waals surface area contributed by atoms with Crippen LogP contribution in [-0.2, 0) is 11.8 Å². The Hall–Kier alpha value is -2.53. The van der Waals surface area contributed by atoms with Crippen LogP contribution in [0.4, 0.5) is 0 Å². The molecule has 0 fully saturated rings. The van der Waals surface area contributed by atoms with Crippen molar-refractivity contribution in [2.45, 2.75) is 64.1 Å². The lowest BCUT2D eigenvalue weighted by Gasteiger charge is -2.36. The molecule has 158 valence electrons. The number of rotatable bonds is 2. The lowest BCUT2D eigenvalue weighted by atomic mass is 9.75. The summed E-state index contributed by atoms with van der Waals surface area (Å²) in [5, 5.41) is 20.9. The van der Waals surface area contributed by atoms with Crippen molar-refractivity contribution >= 4 is 6.29 Å². The number of aromatic hydroxyl groups is 1. The molecule has 0 aromatic heterocycles. The summed E-state index contributed by atoms with van der Waals surface area (Å²) < 4.78 is 12.4.